The van der Waals surface area contributed by atoms with Gasteiger partial charge in [-0.15, -0.1) is 0 Å². The molecule has 0 saturated carbocycles. The van der Waals surface area contributed by atoms with Crippen molar-refractivity contribution < 1.29 is 4.84 Å². The average Bonchev–Trinajstić information content (AvgIpc) is 2.64. The summed E-state index contributed by atoms with van der Waals surface area (Å²) in [5, 5.41) is 2.66. The lowest BCUT2D eigenvalue weighted by Gasteiger charge is -2.06. The molecule has 0 aromatic heterocycles. The zero-order valence-electron chi connectivity index (χ0n) is 14.1. The molecule has 0 saturated heterocycles. The van der Waals surface area contributed by atoms with Crippen LogP contribution in [-0.4, -0.2) is 6.54 Å². The van der Waals surface area contributed by atoms with E-state index in [4.69, 9.17) is 4.84 Å². The normalized spacial score (nSPS) is 11.0. The Kier molecular flexibility index (Phi) is 6.41. The van der Waals surface area contributed by atoms with Crippen LogP contribution < -0.4 is 5.48 Å². The summed E-state index contributed by atoms with van der Waals surface area (Å²) < 4.78 is 0. The lowest BCUT2D eigenvalue weighted by Crippen LogP contribution is -2.15. The molecule has 0 heterocycles. The van der Waals surface area contributed by atoms with Gasteiger partial charge in [-0.1, -0.05) is 79.2 Å². The molecule has 0 unspecified atom stereocenters. The van der Waals surface area contributed by atoms with Crippen molar-refractivity contribution in [3.8, 4) is 0 Å². The number of benzene rings is 3. The maximum atomic E-state index is 5.48. The molecule has 0 aliphatic heterocycles. The maximum absolute atomic E-state index is 5.48. The third kappa shape index (κ3) is 5.19. The summed E-state index contributed by atoms with van der Waals surface area (Å²) in [6.07, 6.45) is 4.73. The largest absolute Gasteiger partial charge is 0.297 e. The molecule has 2 nitrogen and oxygen atoms in total. The SMILES string of the molecule is c1ccc(CONCCCCCc2ccc3ccccc3c2)cc1. The fourth-order valence-electron chi connectivity index (χ4n) is 2.88. The summed E-state index contributed by atoms with van der Waals surface area (Å²) >= 11 is 0. The summed E-state index contributed by atoms with van der Waals surface area (Å²) in [5.74, 6) is 0. The average molecular weight is 319 g/mol. The number of fused-ring (bicyclic) bond motifs is 1. The number of rotatable bonds is 9. The molecule has 0 atom stereocenters. The van der Waals surface area contributed by atoms with Crippen molar-refractivity contribution in [1.82, 2.24) is 5.48 Å². The number of aryl methyl sites for hydroxylation is 1. The molecule has 124 valence electrons. The third-order valence-corrected chi connectivity index (χ3v) is 4.24. The third-order valence-electron chi connectivity index (χ3n) is 4.24. The lowest BCUT2D eigenvalue weighted by atomic mass is 10.0. The molecule has 0 aliphatic carbocycles. The molecule has 0 aliphatic rings. The van der Waals surface area contributed by atoms with Gasteiger partial charge in [0, 0.05) is 6.54 Å². The summed E-state index contributed by atoms with van der Waals surface area (Å²) in [7, 11) is 0. The summed E-state index contributed by atoms with van der Waals surface area (Å²) in [6.45, 7) is 1.53. The minimum absolute atomic E-state index is 0.623. The van der Waals surface area contributed by atoms with Crippen molar-refractivity contribution in [2.75, 3.05) is 6.54 Å². The van der Waals surface area contributed by atoms with Crippen LogP contribution in [0.2, 0.25) is 0 Å². The van der Waals surface area contributed by atoms with E-state index in [2.05, 4.69) is 60.1 Å². The van der Waals surface area contributed by atoms with Gasteiger partial charge in [0.25, 0.3) is 0 Å². The van der Waals surface area contributed by atoms with Gasteiger partial charge in [0.05, 0.1) is 6.61 Å². The maximum Gasteiger partial charge on any atom is 0.0933 e. The van der Waals surface area contributed by atoms with Crippen LogP contribution in [0.4, 0.5) is 0 Å². The zero-order chi connectivity index (χ0) is 16.5. The van der Waals surface area contributed by atoms with Gasteiger partial charge >= 0.3 is 0 Å². The lowest BCUT2D eigenvalue weighted by molar-refractivity contribution is 0.0272. The van der Waals surface area contributed by atoms with Crippen LogP contribution in [0, 0.1) is 0 Å². The number of hydrogen-bond acceptors (Lipinski definition) is 2. The predicted octanol–water partition coefficient (Wildman–Crippen LogP) is 5.27. The van der Waals surface area contributed by atoms with Crippen molar-refractivity contribution in [3.63, 3.8) is 0 Å². The van der Waals surface area contributed by atoms with E-state index >= 15 is 0 Å². The summed E-state index contributed by atoms with van der Waals surface area (Å²) in [5.41, 5.74) is 5.68. The van der Waals surface area contributed by atoms with Crippen LogP contribution in [0.3, 0.4) is 0 Å². The second-order valence-electron chi connectivity index (χ2n) is 6.16. The first-order valence-corrected chi connectivity index (χ1v) is 8.78. The smallest absolute Gasteiger partial charge is 0.0933 e. The van der Waals surface area contributed by atoms with Crippen molar-refractivity contribution in [3.05, 3.63) is 83.9 Å². The zero-order valence-corrected chi connectivity index (χ0v) is 14.1. The summed E-state index contributed by atoms with van der Waals surface area (Å²) in [6, 6.07) is 25.6. The first-order valence-electron chi connectivity index (χ1n) is 8.78. The van der Waals surface area contributed by atoms with E-state index in [1.165, 1.54) is 34.7 Å². The van der Waals surface area contributed by atoms with Crippen molar-refractivity contribution in [2.24, 2.45) is 0 Å². The fraction of sp³-hybridized carbons (Fsp3) is 0.273. The molecule has 1 N–H and O–H groups in total. The van der Waals surface area contributed by atoms with Gasteiger partial charge in [-0.3, -0.25) is 4.84 Å². The van der Waals surface area contributed by atoms with Gasteiger partial charge in [-0.25, -0.2) is 5.48 Å². The van der Waals surface area contributed by atoms with Gasteiger partial charge < -0.3 is 0 Å². The molecular formula is C22H25NO. The topological polar surface area (TPSA) is 21.3 Å². The first-order chi connectivity index (χ1) is 11.9. The van der Waals surface area contributed by atoms with Gasteiger partial charge in [0.1, 0.15) is 0 Å². The highest BCUT2D eigenvalue weighted by Gasteiger charge is 1.97. The molecule has 0 radical (unpaired) electrons. The Balaban J connectivity index is 1.28. The number of hydrogen-bond donors (Lipinski definition) is 1. The van der Waals surface area contributed by atoms with E-state index in [1.54, 1.807) is 0 Å². The van der Waals surface area contributed by atoms with E-state index in [-0.39, 0.29) is 0 Å². The second-order valence-corrected chi connectivity index (χ2v) is 6.16. The van der Waals surface area contributed by atoms with Crippen LogP contribution in [0.5, 0.6) is 0 Å². The van der Waals surface area contributed by atoms with E-state index in [0.29, 0.717) is 6.61 Å². The van der Waals surface area contributed by atoms with Gasteiger partial charge in [0.2, 0.25) is 0 Å². The van der Waals surface area contributed by atoms with Gasteiger partial charge in [0.15, 0.2) is 0 Å². The fourth-order valence-corrected chi connectivity index (χ4v) is 2.88. The van der Waals surface area contributed by atoms with Crippen LogP contribution >= 0.6 is 0 Å². The Morgan fingerprint density at radius 1 is 0.667 bits per heavy atom. The van der Waals surface area contributed by atoms with E-state index in [0.717, 1.165) is 19.4 Å². The highest BCUT2D eigenvalue weighted by atomic mass is 16.6. The monoisotopic (exact) mass is 319 g/mol. The first kappa shape index (κ1) is 16.7. The minimum atomic E-state index is 0.623. The molecule has 0 bridgehead atoms. The Morgan fingerprint density at radius 3 is 2.33 bits per heavy atom. The van der Waals surface area contributed by atoms with Crippen LogP contribution in [-0.2, 0) is 17.9 Å². The summed E-state index contributed by atoms with van der Waals surface area (Å²) in [4.78, 5) is 5.48. The molecule has 3 rings (SSSR count). The van der Waals surface area contributed by atoms with E-state index in [1.807, 2.05) is 18.2 Å². The number of unbranched alkanes of at least 4 members (excludes halogenated alkanes) is 2. The van der Waals surface area contributed by atoms with E-state index < -0.39 is 0 Å². The highest BCUT2D eigenvalue weighted by Crippen LogP contribution is 2.17. The molecule has 2 heteroatoms. The molecule has 3 aromatic carbocycles. The Morgan fingerprint density at radius 2 is 1.46 bits per heavy atom. The standard InChI is InChI=1S/C22H25NO/c1-3-10-20(11-4-1)18-24-23-16-8-2-5-9-19-14-15-21-12-6-7-13-22(21)17-19/h1,3-4,6-7,10-15,17,23H,2,5,8-9,16,18H2. The molecular weight excluding hydrogens is 294 g/mol. The molecule has 0 fully saturated rings. The van der Waals surface area contributed by atoms with Crippen molar-refractivity contribution in [1.29, 1.82) is 0 Å². The van der Waals surface area contributed by atoms with Crippen LogP contribution in [0.1, 0.15) is 30.4 Å². The minimum Gasteiger partial charge on any atom is -0.297 e. The number of nitrogens with one attached hydrogen (secondary N) is 1. The van der Waals surface area contributed by atoms with E-state index in [9.17, 15) is 0 Å². The van der Waals surface area contributed by atoms with Crippen LogP contribution in [0.15, 0.2) is 72.8 Å². The quantitative estimate of drug-likeness (QED) is 0.428. The molecule has 24 heavy (non-hydrogen) atoms. The predicted molar refractivity (Wildman–Crippen MR) is 101 cm³/mol. The highest BCUT2D eigenvalue weighted by molar-refractivity contribution is 5.82. The Bertz CT molecular complexity index is 739. The van der Waals surface area contributed by atoms with Crippen molar-refractivity contribution >= 4 is 10.8 Å². The van der Waals surface area contributed by atoms with Gasteiger partial charge in [-0.2, -0.15) is 0 Å². The molecule has 0 amide bonds. The Hall–Kier alpha value is -2.16. The molecule has 0 spiro atoms. The molecule has 3 aromatic rings. The van der Waals surface area contributed by atoms with Crippen LogP contribution in [0.25, 0.3) is 10.8 Å². The second kappa shape index (κ2) is 9.21. The number of hydroxylamine groups is 1. The van der Waals surface area contributed by atoms with Crippen molar-refractivity contribution in [2.45, 2.75) is 32.3 Å². The Labute approximate surface area is 144 Å². The van der Waals surface area contributed by atoms with Gasteiger partial charge in [-0.05, 0) is 41.2 Å².